The van der Waals surface area contributed by atoms with Crippen LogP contribution < -0.4 is 4.90 Å². The molecule has 20 heavy (non-hydrogen) atoms. The lowest BCUT2D eigenvalue weighted by atomic mass is 10.1. The van der Waals surface area contributed by atoms with E-state index in [0.717, 1.165) is 5.56 Å². The minimum Gasteiger partial charge on any atom is -0.508 e. The van der Waals surface area contributed by atoms with Gasteiger partial charge in [-0.1, -0.05) is 6.07 Å². The molecule has 0 aliphatic heterocycles. The predicted molar refractivity (Wildman–Crippen MR) is 76.2 cm³/mol. The van der Waals surface area contributed by atoms with Gasteiger partial charge < -0.3 is 14.4 Å². The molecule has 1 heterocycles. The minimum atomic E-state index is -0.251. The third-order valence-corrected chi connectivity index (χ3v) is 3.14. The Kier molecular flexibility index (Phi) is 3.79. The quantitative estimate of drug-likeness (QED) is 0.934. The van der Waals surface area contributed by atoms with Crippen molar-refractivity contribution < 1.29 is 14.3 Å². The molecule has 2 rings (SSSR count). The summed E-state index contributed by atoms with van der Waals surface area (Å²) in [4.78, 5) is 18.3. The molecule has 5 nitrogen and oxygen atoms in total. The van der Waals surface area contributed by atoms with Gasteiger partial charge in [0.05, 0.1) is 11.4 Å². The summed E-state index contributed by atoms with van der Waals surface area (Å²) in [6.45, 7) is 7.69. The lowest BCUT2D eigenvalue weighted by molar-refractivity contribution is 0.0959. The topological polar surface area (TPSA) is 66.6 Å². The fourth-order valence-electron chi connectivity index (χ4n) is 2.16. The summed E-state index contributed by atoms with van der Waals surface area (Å²) >= 11 is 0. The summed E-state index contributed by atoms with van der Waals surface area (Å²) in [7, 11) is 0. The number of rotatable bonds is 3. The highest BCUT2D eigenvalue weighted by Gasteiger charge is 2.24. The molecule has 0 spiro atoms. The fraction of sp³-hybridized carbons (Fsp3) is 0.333. The maximum Gasteiger partial charge on any atom is 0.295 e. The first kappa shape index (κ1) is 14.1. The lowest BCUT2D eigenvalue weighted by Crippen LogP contribution is -2.31. The molecule has 1 aromatic heterocycles. The Morgan fingerprint density at radius 3 is 2.60 bits per heavy atom. The molecule has 1 aromatic carbocycles. The molecule has 0 fully saturated rings. The largest absolute Gasteiger partial charge is 0.508 e. The van der Waals surface area contributed by atoms with Crippen molar-refractivity contribution in [3.8, 4) is 5.75 Å². The van der Waals surface area contributed by atoms with Gasteiger partial charge in [0.1, 0.15) is 5.75 Å². The number of carbonyl (C=O) groups excluding carboxylic acids is 1. The van der Waals surface area contributed by atoms with Crippen molar-refractivity contribution in [3.63, 3.8) is 0 Å². The van der Waals surface area contributed by atoms with Gasteiger partial charge in [0.15, 0.2) is 5.89 Å². The molecular formula is C15H18N2O3. The average molecular weight is 274 g/mol. The number of phenolic OH excluding ortho intramolecular Hbond substituents is 1. The van der Waals surface area contributed by atoms with Crippen LogP contribution in [0, 0.1) is 20.8 Å². The molecule has 0 saturated carbocycles. The van der Waals surface area contributed by atoms with Crippen LogP contribution in [0.15, 0.2) is 22.6 Å². The van der Waals surface area contributed by atoms with E-state index >= 15 is 0 Å². The van der Waals surface area contributed by atoms with E-state index in [0.29, 0.717) is 23.8 Å². The van der Waals surface area contributed by atoms with Crippen molar-refractivity contribution in [1.82, 2.24) is 4.98 Å². The van der Waals surface area contributed by atoms with E-state index in [1.54, 1.807) is 36.9 Å². The molecule has 2 aromatic rings. The van der Waals surface area contributed by atoms with Gasteiger partial charge in [-0.05, 0) is 32.4 Å². The van der Waals surface area contributed by atoms with Crippen LogP contribution in [-0.4, -0.2) is 22.5 Å². The number of benzene rings is 1. The summed E-state index contributed by atoms with van der Waals surface area (Å²) < 4.78 is 5.39. The number of carbonyl (C=O) groups is 1. The van der Waals surface area contributed by atoms with E-state index in [1.807, 2.05) is 13.8 Å². The van der Waals surface area contributed by atoms with Crippen molar-refractivity contribution in [2.75, 3.05) is 11.4 Å². The number of aromatic hydroxyl groups is 1. The van der Waals surface area contributed by atoms with Gasteiger partial charge in [-0.15, -0.1) is 0 Å². The third-order valence-electron chi connectivity index (χ3n) is 3.14. The Bertz CT molecular complexity index is 647. The zero-order valence-electron chi connectivity index (χ0n) is 12.1. The van der Waals surface area contributed by atoms with E-state index in [1.165, 1.54) is 0 Å². The first-order valence-corrected chi connectivity index (χ1v) is 6.49. The lowest BCUT2D eigenvalue weighted by Gasteiger charge is -2.22. The van der Waals surface area contributed by atoms with Crippen LogP contribution in [0.25, 0.3) is 0 Å². The second kappa shape index (κ2) is 5.36. The molecule has 0 unspecified atom stereocenters. The standard InChI is InChI=1S/C15H18N2O3/c1-5-17(13-8-12(18)7-6-9(13)2)15(19)14-10(3)16-11(4)20-14/h6-8,18H,5H2,1-4H3. The number of phenols is 1. The number of hydrogen-bond acceptors (Lipinski definition) is 4. The molecule has 0 aliphatic carbocycles. The number of amides is 1. The molecular weight excluding hydrogens is 256 g/mol. The third kappa shape index (κ3) is 2.52. The SMILES string of the molecule is CCN(C(=O)c1oc(C)nc1C)c1cc(O)ccc1C. The Morgan fingerprint density at radius 2 is 2.05 bits per heavy atom. The maximum absolute atomic E-state index is 12.6. The summed E-state index contributed by atoms with van der Waals surface area (Å²) in [5, 5.41) is 9.62. The number of aromatic nitrogens is 1. The van der Waals surface area contributed by atoms with Gasteiger partial charge in [-0.25, -0.2) is 4.98 Å². The summed E-state index contributed by atoms with van der Waals surface area (Å²) in [6.07, 6.45) is 0. The first-order valence-electron chi connectivity index (χ1n) is 6.49. The predicted octanol–water partition coefficient (Wildman–Crippen LogP) is 2.97. The average Bonchev–Trinajstić information content (AvgIpc) is 2.73. The van der Waals surface area contributed by atoms with Gasteiger partial charge in [-0.2, -0.15) is 0 Å². The molecule has 0 saturated heterocycles. The molecule has 0 aliphatic rings. The number of hydrogen-bond donors (Lipinski definition) is 1. The molecule has 1 amide bonds. The van der Waals surface area contributed by atoms with E-state index in [-0.39, 0.29) is 17.4 Å². The molecule has 0 radical (unpaired) electrons. The molecule has 0 atom stereocenters. The van der Waals surface area contributed by atoms with Gasteiger partial charge in [0.25, 0.3) is 5.91 Å². The highest BCUT2D eigenvalue weighted by Crippen LogP contribution is 2.27. The van der Waals surface area contributed by atoms with Gasteiger partial charge in [-0.3, -0.25) is 4.79 Å². The smallest absolute Gasteiger partial charge is 0.295 e. The molecule has 5 heteroatoms. The Labute approximate surface area is 117 Å². The molecule has 106 valence electrons. The highest BCUT2D eigenvalue weighted by molar-refractivity contribution is 6.05. The Morgan fingerprint density at radius 1 is 1.35 bits per heavy atom. The zero-order chi connectivity index (χ0) is 14.9. The second-order valence-electron chi connectivity index (χ2n) is 4.67. The summed E-state index contributed by atoms with van der Waals surface area (Å²) in [5.74, 6) is 0.586. The maximum atomic E-state index is 12.6. The van der Waals surface area contributed by atoms with E-state index < -0.39 is 0 Å². The molecule has 1 N–H and O–H groups in total. The van der Waals surface area contributed by atoms with Crippen molar-refractivity contribution in [2.45, 2.75) is 27.7 Å². The zero-order valence-corrected chi connectivity index (χ0v) is 12.1. The summed E-state index contributed by atoms with van der Waals surface area (Å²) in [6, 6.07) is 4.95. The Balaban J connectivity index is 2.44. The van der Waals surface area contributed by atoms with Crippen LogP contribution >= 0.6 is 0 Å². The van der Waals surface area contributed by atoms with E-state index in [4.69, 9.17) is 4.42 Å². The van der Waals surface area contributed by atoms with Gasteiger partial charge >= 0.3 is 0 Å². The highest BCUT2D eigenvalue weighted by atomic mass is 16.4. The van der Waals surface area contributed by atoms with Crippen LogP contribution in [0.5, 0.6) is 5.75 Å². The molecule has 0 bridgehead atoms. The van der Waals surface area contributed by atoms with Gasteiger partial charge in [0, 0.05) is 19.5 Å². The van der Waals surface area contributed by atoms with Crippen LogP contribution in [0.4, 0.5) is 5.69 Å². The van der Waals surface area contributed by atoms with Crippen molar-refractivity contribution in [1.29, 1.82) is 0 Å². The Hall–Kier alpha value is -2.30. The minimum absolute atomic E-state index is 0.127. The van der Waals surface area contributed by atoms with E-state index in [2.05, 4.69) is 4.98 Å². The van der Waals surface area contributed by atoms with Crippen molar-refractivity contribution in [2.24, 2.45) is 0 Å². The monoisotopic (exact) mass is 274 g/mol. The van der Waals surface area contributed by atoms with Crippen molar-refractivity contribution >= 4 is 11.6 Å². The second-order valence-corrected chi connectivity index (χ2v) is 4.67. The van der Waals surface area contributed by atoms with Crippen LogP contribution in [0.1, 0.15) is 34.6 Å². The first-order chi connectivity index (χ1) is 9.43. The number of nitrogens with zero attached hydrogens (tertiary/aromatic N) is 2. The number of aryl methyl sites for hydroxylation is 3. The summed E-state index contributed by atoms with van der Waals surface area (Å²) in [5.41, 5.74) is 2.15. The van der Waals surface area contributed by atoms with Gasteiger partial charge in [0.2, 0.25) is 5.76 Å². The van der Waals surface area contributed by atoms with Crippen LogP contribution in [0.2, 0.25) is 0 Å². The fourth-order valence-corrected chi connectivity index (χ4v) is 2.16. The van der Waals surface area contributed by atoms with E-state index in [9.17, 15) is 9.90 Å². The van der Waals surface area contributed by atoms with Crippen LogP contribution in [-0.2, 0) is 0 Å². The van der Waals surface area contributed by atoms with Crippen molar-refractivity contribution in [3.05, 3.63) is 41.1 Å². The number of anilines is 1. The van der Waals surface area contributed by atoms with Crippen LogP contribution in [0.3, 0.4) is 0 Å². The number of oxazole rings is 1. The normalized spacial score (nSPS) is 10.6.